The Hall–Kier alpha value is -2.04. The molecule has 1 atom stereocenters. The van der Waals surface area contributed by atoms with Crippen LogP contribution in [0.5, 0.6) is 5.75 Å². The number of hydrogen-bond donors (Lipinski definition) is 2. The summed E-state index contributed by atoms with van der Waals surface area (Å²) < 4.78 is 5.51. The SMILES string of the molecule is O=C(O)CC(NC(=O)CCCOc1ccccc1)C1CC1. The van der Waals surface area contributed by atoms with Crippen molar-refractivity contribution in [3.63, 3.8) is 0 Å². The fourth-order valence-electron chi connectivity index (χ4n) is 2.24. The van der Waals surface area contributed by atoms with E-state index in [1.807, 2.05) is 30.3 Å². The van der Waals surface area contributed by atoms with Crippen LogP contribution < -0.4 is 10.1 Å². The van der Waals surface area contributed by atoms with Gasteiger partial charge in [0, 0.05) is 12.5 Å². The first-order valence-corrected chi connectivity index (χ1v) is 7.34. The summed E-state index contributed by atoms with van der Waals surface area (Å²) in [7, 11) is 0. The molecule has 114 valence electrons. The van der Waals surface area contributed by atoms with Crippen molar-refractivity contribution in [1.29, 1.82) is 0 Å². The molecule has 5 heteroatoms. The predicted octanol–water partition coefficient (Wildman–Crippen LogP) is 2.22. The number of aliphatic carboxylic acids is 1. The maximum Gasteiger partial charge on any atom is 0.305 e. The van der Waals surface area contributed by atoms with Crippen molar-refractivity contribution < 1.29 is 19.4 Å². The van der Waals surface area contributed by atoms with Gasteiger partial charge in [-0.2, -0.15) is 0 Å². The van der Waals surface area contributed by atoms with E-state index in [0.29, 0.717) is 25.4 Å². The van der Waals surface area contributed by atoms with Gasteiger partial charge in [0.25, 0.3) is 0 Å². The molecule has 2 N–H and O–H groups in total. The Morgan fingerprint density at radius 3 is 2.62 bits per heavy atom. The molecule has 0 bridgehead atoms. The van der Waals surface area contributed by atoms with Crippen molar-refractivity contribution in [3.8, 4) is 5.75 Å². The van der Waals surface area contributed by atoms with Crippen LogP contribution in [0.4, 0.5) is 0 Å². The average molecular weight is 291 g/mol. The van der Waals surface area contributed by atoms with E-state index < -0.39 is 5.97 Å². The predicted molar refractivity (Wildman–Crippen MR) is 78.1 cm³/mol. The summed E-state index contributed by atoms with van der Waals surface area (Å²) >= 11 is 0. The number of carbonyl (C=O) groups is 2. The highest BCUT2D eigenvalue weighted by Gasteiger charge is 2.33. The largest absolute Gasteiger partial charge is 0.494 e. The Morgan fingerprint density at radius 2 is 2.00 bits per heavy atom. The molecule has 0 spiro atoms. The number of benzene rings is 1. The normalized spacial score (nSPS) is 15.2. The quantitative estimate of drug-likeness (QED) is 0.684. The van der Waals surface area contributed by atoms with Crippen LogP contribution in [0.3, 0.4) is 0 Å². The smallest absolute Gasteiger partial charge is 0.305 e. The van der Waals surface area contributed by atoms with Gasteiger partial charge in [-0.25, -0.2) is 0 Å². The van der Waals surface area contributed by atoms with Crippen molar-refractivity contribution in [2.75, 3.05) is 6.61 Å². The molecule has 1 aromatic rings. The van der Waals surface area contributed by atoms with Gasteiger partial charge in [0.2, 0.25) is 5.91 Å². The Bertz CT molecular complexity index is 470. The number of carbonyl (C=O) groups excluding carboxylic acids is 1. The third-order valence-corrected chi connectivity index (χ3v) is 3.49. The van der Waals surface area contributed by atoms with Crippen molar-refractivity contribution in [2.45, 2.75) is 38.1 Å². The molecule has 21 heavy (non-hydrogen) atoms. The lowest BCUT2D eigenvalue weighted by Gasteiger charge is -2.16. The first-order valence-electron chi connectivity index (χ1n) is 7.34. The number of carboxylic acid groups (broad SMARTS) is 1. The van der Waals surface area contributed by atoms with E-state index in [1.165, 1.54) is 0 Å². The van der Waals surface area contributed by atoms with E-state index in [0.717, 1.165) is 18.6 Å². The van der Waals surface area contributed by atoms with Gasteiger partial charge >= 0.3 is 5.97 Å². The van der Waals surface area contributed by atoms with E-state index in [4.69, 9.17) is 9.84 Å². The molecular formula is C16H21NO4. The first-order chi connectivity index (χ1) is 10.1. The van der Waals surface area contributed by atoms with Gasteiger partial charge in [0.15, 0.2) is 0 Å². The lowest BCUT2D eigenvalue weighted by atomic mass is 10.1. The third-order valence-electron chi connectivity index (χ3n) is 3.49. The molecule has 1 aromatic carbocycles. The van der Waals surface area contributed by atoms with Crippen molar-refractivity contribution in [1.82, 2.24) is 5.32 Å². The number of carboxylic acids is 1. The zero-order valence-corrected chi connectivity index (χ0v) is 12.0. The molecule has 1 aliphatic carbocycles. The number of rotatable bonds is 9. The van der Waals surface area contributed by atoms with Crippen LogP contribution in [-0.2, 0) is 9.59 Å². The zero-order chi connectivity index (χ0) is 15.1. The second-order valence-electron chi connectivity index (χ2n) is 5.37. The van der Waals surface area contributed by atoms with Crippen LogP contribution in [0.2, 0.25) is 0 Å². The van der Waals surface area contributed by atoms with Gasteiger partial charge in [-0.1, -0.05) is 18.2 Å². The number of nitrogens with one attached hydrogen (secondary N) is 1. The lowest BCUT2D eigenvalue weighted by Crippen LogP contribution is -2.38. The second-order valence-corrected chi connectivity index (χ2v) is 5.37. The maximum atomic E-state index is 11.8. The van der Waals surface area contributed by atoms with E-state index in [2.05, 4.69) is 5.32 Å². The highest BCUT2D eigenvalue weighted by Crippen LogP contribution is 2.34. The maximum absolute atomic E-state index is 11.8. The molecule has 1 aliphatic rings. The van der Waals surface area contributed by atoms with Crippen molar-refractivity contribution >= 4 is 11.9 Å². The van der Waals surface area contributed by atoms with Gasteiger partial charge in [-0.05, 0) is 37.3 Å². The molecular weight excluding hydrogens is 270 g/mol. The Morgan fingerprint density at radius 1 is 1.29 bits per heavy atom. The lowest BCUT2D eigenvalue weighted by molar-refractivity contribution is -0.137. The summed E-state index contributed by atoms with van der Waals surface area (Å²) in [6.45, 7) is 0.477. The number of para-hydroxylation sites is 1. The second kappa shape index (κ2) is 7.67. The fraction of sp³-hybridized carbons (Fsp3) is 0.500. The minimum Gasteiger partial charge on any atom is -0.494 e. The fourth-order valence-corrected chi connectivity index (χ4v) is 2.24. The first kappa shape index (κ1) is 15.4. The summed E-state index contributed by atoms with van der Waals surface area (Å²) in [4.78, 5) is 22.6. The van der Waals surface area contributed by atoms with Crippen LogP contribution >= 0.6 is 0 Å². The van der Waals surface area contributed by atoms with Gasteiger partial charge in [-0.15, -0.1) is 0 Å². The van der Waals surface area contributed by atoms with E-state index >= 15 is 0 Å². The van der Waals surface area contributed by atoms with Crippen molar-refractivity contribution in [2.24, 2.45) is 5.92 Å². The molecule has 0 saturated heterocycles. The molecule has 2 rings (SSSR count). The van der Waals surface area contributed by atoms with Crippen LogP contribution in [0.15, 0.2) is 30.3 Å². The summed E-state index contributed by atoms with van der Waals surface area (Å²) in [6, 6.07) is 9.24. The van der Waals surface area contributed by atoms with E-state index in [-0.39, 0.29) is 18.4 Å². The topological polar surface area (TPSA) is 75.6 Å². The summed E-state index contributed by atoms with van der Waals surface area (Å²) in [5, 5.41) is 11.7. The molecule has 1 saturated carbocycles. The highest BCUT2D eigenvalue weighted by atomic mass is 16.5. The summed E-state index contributed by atoms with van der Waals surface area (Å²) in [5.41, 5.74) is 0. The van der Waals surface area contributed by atoms with Gasteiger partial charge < -0.3 is 15.2 Å². The average Bonchev–Trinajstić information content (AvgIpc) is 3.28. The van der Waals surface area contributed by atoms with Crippen LogP contribution in [0.25, 0.3) is 0 Å². The molecule has 0 aliphatic heterocycles. The van der Waals surface area contributed by atoms with E-state index in [1.54, 1.807) is 0 Å². The van der Waals surface area contributed by atoms with Gasteiger partial charge in [0.1, 0.15) is 5.75 Å². The van der Waals surface area contributed by atoms with Crippen LogP contribution in [-0.4, -0.2) is 29.6 Å². The Balaban J connectivity index is 1.63. The van der Waals surface area contributed by atoms with E-state index in [9.17, 15) is 9.59 Å². The number of hydrogen-bond acceptors (Lipinski definition) is 3. The molecule has 1 amide bonds. The van der Waals surface area contributed by atoms with Gasteiger partial charge in [0.05, 0.1) is 13.0 Å². The molecule has 1 fully saturated rings. The monoisotopic (exact) mass is 291 g/mol. The standard InChI is InChI=1S/C16H21NO4/c18-15(17-14(11-16(19)20)12-8-9-12)7-4-10-21-13-5-2-1-3-6-13/h1-3,5-6,12,14H,4,7-11H2,(H,17,18)(H,19,20). The van der Waals surface area contributed by atoms with Crippen LogP contribution in [0.1, 0.15) is 32.1 Å². The number of ether oxygens (including phenoxy) is 1. The molecule has 0 heterocycles. The number of amides is 1. The minimum atomic E-state index is -0.861. The Labute approximate surface area is 124 Å². The summed E-state index contributed by atoms with van der Waals surface area (Å²) in [6.07, 6.45) is 3.00. The molecule has 0 aromatic heterocycles. The molecule has 5 nitrogen and oxygen atoms in total. The zero-order valence-electron chi connectivity index (χ0n) is 12.0. The minimum absolute atomic E-state index is 0.0108. The molecule has 1 unspecified atom stereocenters. The third kappa shape index (κ3) is 5.85. The van der Waals surface area contributed by atoms with Crippen LogP contribution in [0, 0.1) is 5.92 Å². The van der Waals surface area contributed by atoms with Crippen molar-refractivity contribution in [3.05, 3.63) is 30.3 Å². The highest BCUT2D eigenvalue weighted by molar-refractivity contribution is 5.77. The molecule has 0 radical (unpaired) electrons. The van der Waals surface area contributed by atoms with Gasteiger partial charge in [-0.3, -0.25) is 9.59 Å². The summed E-state index contributed by atoms with van der Waals surface area (Å²) in [5.74, 6) is 0.176. The Kier molecular flexibility index (Phi) is 5.60.